The molecule has 5 nitrogen and oxygen atoms in total. The van der Waals surface area contributed by atoms with Crippen molar-refractivity contribution < 1.29 is 27.1 Å². The van der Waals surface area contributed by atoms with Gasteiger partial charge in [0.1, 0.15) is 39.2 Å². The number of thiazole rings is 1. The summed E-state index contributed by atoms with van der Waals surface area (Å²) in [6, 6.07) is 4.70. The van der Waals surface area contributed by atoms with Crippen LogP contribution in [0.1, 0.15) is 16.3 Å². The standard InChI is InChI=1S/C17H8ClF5N4OS/c1-27-15(18)12(14(26-27)17(21,22)23)13(28)7(5-24)16-25-10(6-29-16)11-8(19)3-2-4-9(11)20/h2-4,6,28H,1H3. The second-order valence-electron chi connectivity index (χ2n) is 5.61. The van der Waals surface area contributed by atoms with Crippen LogP contribution < -0.4 is 0 Å². The largest absolute Gasteiger partial charge is 0.506 e. The van der Waals surface area contributed by atoms with Gasteiger partial charge in [0.2, 0.25) is 0 Å². The van der Waals surface area contributed by atoms with Crippen LogP contribution in [0.3, 0.4) is 0 Å². The van der Waals surface area contributed by atoms with Gasteiger partial charge in [0.25, 0.3) is 0 Å². The molecular weight excluding hydrogens is 439 g/mol. The van der Waals surface area contributed by atoms with Crippen molar-refractivity contribution in [3.05, 3.63) is 56.6 Å². The molecule has 2 heterocycles. The number of aliphatic hydroxyl groups is 1. The van der Waals surface area contributed by atoms with Crippen molar-refractivity contribution >= 4 is 34.3 Å². The van der Waals surface area contributed by atoms with E-state index < -0.39 is 51.1 Å². The van der Waals surface area contributed by atoms with E-state index in [9.17, 15) is 32.3 Å². The summed E-state index contributed by atoms with van der Waals surface area (Å²) in [5.41, 5.74) is -3.70. The average molecular weight is 447 g/mol. The number of hydrogen-bond acceptors (Lipinski definition) is 5. The summed E-state index contributed by atoms with van der Waals surface area (Å²) in [5, 5.41) is 23.4. The van der Waals surface area contributed by atoms with Crippen molar-refractivity contribution in [2.75, 3.05) is 0 Å². The molecule has 12 heteroatoms. The molecule has 0 radical (unpaired) electrons. The van der Waals surface area contributed by atoms with Gasteiger partial charge in [0.05, 0.1) is 16.8 Å². The molecule has 29 heavy (non-hydrogen) atoms. The van der Waals surface area contributed by atoms with E-state index in [0.29, 0.717) is 16.0 Å². The normalized spacial score (nSPS) is 12.6. The summed E-state index contributed by atoms with van der Waals surface area (Å²) in [4.78, 5) is 3.89. The molecular formula is C17H8ClF5N4OS. The van der Waals surface area contributed by atoms with Crippen LogP contribution in [0, 0.1) is 23.0 Å². The predicted octanol–water partition coefficient (Wildman–Crippen LogP) is 5.44. The van der Waals surface area contributed by atoms with Crippen LogP contribution in [-0.2, 0) is 13.2 Å². The van der Waals surface area contributed by atoms with Gasteiger partial charge in [-0.3, -0.25) is 4.68 Å². The maximum atomic E-state index is 13.9. The Bertz CT molecular complexity index is 1160. The van der Waals surface area contributed by atoms with Gasteiger partial charge in [-0.1, -0.05) is 17.7 Å². The van der Waals surface area contributed by atoms with E-state index in [1.54, 1.807) is 6.07 Å². The van der Waals surface area contributed by atoms with Crippen molar-refractivity contribution in [1.29, 1.82) is 5.26 Å². The maximum absolute atomic E-state index is 13.9. The lowest BCUT2D eigenvalue weighted by Crippen LogP contribution is -2.09. The number of nitrogens with zero attached hydrogens (tertiary/aromatic N) is 4. The van der Waals surface area contributed by atoms with Crippen LogP contribution in [0.25, 0.3) is 22.6 Å². The van der Waals surface area contributed by atoms with Crippen molar-refractivity contribution in [2.45, 2.75) is 6.18 Å². The molecule has 0 bridgehead atoms. The fraction of sp³-hybridized carbons (Fsp3) is 0.118. The molecule has 0 amide bonds. The number of alkyl halides is 3. The maximum Gasteiger partial charge on any atom is 0.435 e. The minimum absolute atomic E-state index is 0.186. The summed E-state index contributed by atoms with van der Waals surface area (Å²) >= 11 is 6.53. The van der Waals surface area contributed by atoms with Crippen LogP contribution in [-0.4, -0.2) is 19.9 Å². The van der Waals surface area contributed by atoms with Gasteiger partial charge < -0.3 is 5.11 Å². The van der Waals surface area contributed by atoms with Gasteiger partial charge in [-0.15, -0.1) is 11.3 Å². The third-order valence-electron chi connectivity index (χ3n) is 3.77. The first-order chi connectivity index (χ1) is 13.6. The molecule has 0 aliphatic heterocycles. The monoisotopic (exact) mass is 446 g/mol. The van der Waals surface area contributed by atoms with E-state index in [-0.39, 0.29) is 10.7 Å². The highest BCUT2D eigenvalue weighted by molar-refractivity contribution is 7.11. The highest BCUT2D eigenvalue weighted by atomic mass is 35.5. The van der Waals surface area contributed by atoms with Crippen LogP contribution in [0.2, 0.25) is 5.15 Å². The van der Waals surface area contributed by atoms with E-state index in [1.165, 1.54) is 5.38 Å². The number of rotatable bonds is 3. The number of halogens is 6. The summed E-state index contributed by atoms with van der Waals surface area (Å²) < 4.78 is 68.3. The zero-order valence-electron chi connectivity index (χ0n) is 14.2. The highest BCUT2D eigenvalue weighted by Gasteiger charge is 2.40. The van der Waals surface area contributed by atoms with Crippen LogP contribution in [0.4, 0.5) is 22.0 Å². The number of aromatic nitrogens is 3. The zero-order valence-corrected chi connectivity index (χ0v) is 15.8. The summed E-state index contributed by atoms with van der Waals surface area (Å²) in [6.45, 7) is 0. The molecule has 0 aliphatic rings. The van der Waals surface area contributed by atoms with Crippen molar-refractivity contribution in [2.24, 2.45) is 7.05 Å². The number of allylic oxidation sites excluding steroid dienone is 1. The first-order valence-corrected chi connectivity index (χ1v) is 8.85. The molecule has 0 fully saturated rings. The fourth-order valence-corrected chi connectivity index (χ4v) is 3.51. The quantitative estimate of drug-likeness (QED) is 0.330. The molecule has 0 saturated heterocycles. The SMILES string of the molecule is Cn1nc(C(F)(F)F)c(C(O)=C(C#N)c2nc(-c3c(F)cccc3F)cs2)c1Cl. The second kappa shape index (κ2) is 7.46. The van der Waals surface area contributed by atoms with E-state index in [0.717, 1.165) is 25.2 Å². The van der Waals surface area contributed by atoms with E-state index >= 15 is 0 Å². The second-order valence-corrected chi connectivity index (χ2v) is 6.82. The Morgan fingerprint density at radius 1 is 1.28 bits per heavy atom. The first kappa shape index (κ1) is 20.8. The third-order valence-corrected chi connectivity index (χ3v) is 5.06. The number of nitriles is 1. The van der Waals surface area contributed by atoms with Crippen molar-refractivity contribution in [1.82, 2.24) is 14.8 Å². The molecule has 3 rings (SSSR count). The van der Waals surface area contributed by atoms with Gasteiger partial charge in [0, 0.05) is 12.4 Å². The number of aryl methyl sites for hydroxylation is 1. The summed E-state index contributed by atoms with van der Waals surface area (Å²) in [5.74, 6) is -2.93. The summed E-state index contributed by atoms with van der Waals surface area (Å²) in [6.07, 6.45) is -4.96. The fourth-order valence-electron chi connectivity index (χ4n) is 2.48. The predicted molar refractivity (Wildman–Crippen MR) is 95.7 cm³/mol. The lowest BCUT2D eigenvalue weighted by atomic mass is 10.1. The molecule has 2 aromatic heterocycles. The van der Waals surface area contributed by atoms with Crippen LogP contribution >= 0.6 is 22.9 Å². The number of benzene rings is 1. The molecule has 1 aromatic carbocycles. The molecule has 0 unspecified atom stereocenters. The first-order valence-electron chi connectivity index (χ1n) is 7.60. The number of hydrogen-bond donors (Lipinski definition) is 1. The van der Waals surface area contributed by atoms with Gasteiger partial charge in [-0.2, -0.15) is 23.5 Å². The lowest BCUT2D eigenvalue weighted by molar-refractivity contribution is -0.141. The van der Waals surface area contributed by atoms with Crippen LogP contribution in [0.5, 0.6) is 0 Å². The third kappa shape index (κ3) is 3.68. The van der Waals surface area contributed by atoms with Gasteiger partial charge in [-0.25, -0.2) is 13.8 Å². The van der Waals surface area contributed by atoms with Gasteiger partial charge in [-0.05, 0) is 12.1 Å². The van der Waals surface area contributed by atoms with Crippen molar-refractivity contribution in [3.8, 4) is 17.3 Å². The summed E-state index contributed by atoms with van der Waals surface area (Å²) in [7, 11) is 1.13. The van der Waals surface area contributed by atoms with Gasteiger partial charge in [0.15, 0.2) is 5.69 Å². The topological polar surface area (TPSA) is 74.7 Å². The average Bonchev–Trinajstić information content (AvgIpc) is 3.21. The Balaban J connectivity index is 2.19. The highest BCUT2D eigenvalue weighted by Crippen LogP contribution is 2.40. The molecule has 150 valence electrons. The zero-order chi connectivity index (χ0) is 21.5. The Kier molecular flexibility index (Phi) is 5.34. The molecule has 0 aliphatic carbocycles. The Morgan fingerprint density at radius 3 is 2.45 bits per heavy atom. The lowest BCUT2D eigenvalue weighted by Gasteiger charge is -2.07. The molecule has 1 N–H and O–H groups in total. The molecule has 0 spiro atoms. The smallest absolute Gasteiger partial charge is 0.435 e. The minimum Gasteiger partial charge on any atom is -0.506 e. The number of aliphatic hydroxyl groups excluding tert-OH is 1. The van der Waals surface area contributed by atoms with Gasteiger partial charge >= 0.3 is 6.18 Å². The molecule has 3 aromatic rings. The Morgan fingerprint density at radius 2 is 1.90 bits per heavy atom. The molecule has 0 atom stereocenters. The molecule has 0 saturated carbocycles. The van der Waals surface area contributed by atoms with E-state index in [2.05, 4.69) is 10.1 Å². The Labute approximate surface area is 168 Å². The minimum atomic E-state index is -4.96. The Hall–Kier alpha value is -2.97. The van der Waals surface area contributed by atoms with Crippen LogP contribution in [0.15, 0.2) is 23.6 Å². The van der Waals surface area contributed by atoms with E-state index in [4.69, 9.17) is 11.6 Å². The van der Waals surface area contributed by atoms with E-state index in [1.807, 2.05) is 0 Å². The van der Waals surface area contributed by atoms with Crippen molar-refractivity contribution in [3.63, 3.8) is 0 Å².